The maximum absolute atomic E-state index is 4.19. The fraction of sp³-hybridized carbons (Fsp3) is 0.429. The lowest BCUT2D eigenvalue weighted by molar-refractivity contribution is 0.384. The molecular weight excluding hydrogens is 182 g/mol. The van der Waals surface area contributed by atoms with E-state index < -0.39 is 0 Å². The van der Waals surface area contributed by atoms with Gasteiger partial charge in [-0.1, -0.05) is 36.9 Å². The van der Waals surface area contributed by atoms with Crippen LogP contribution in [-0.2, 0) is 0 Å². The van der Waals surface area contributed by atoms with Gasteiger partial charge in [0.05, 0.1) is 0 Å². The van der Waals surface area contributed by atoms with E-state index in [0.29, 0.717) is 0 Å². The molecule has 1 nitrogen and oxygen atoms in total. The Morgan fingerprint density at radius 2 is 2.13 bits per heavy atom. The van der Waals surface area contributed by atoms with Crippen molar-refractivity contribution in [3.05, 3.63) is 42.5 Å². The summed E-state index contributed by atoms with van der Waals surface area (Å²) in [5.74, 6) is 0.784. The second-order valence-electron chi connectivity index (χ2n) is 4.39. The molecule has 80 valence electrons. The minimum atomic E-state index is 0.784. The Balaban J connectivity index is 1.91. The molecule has 1 aliphatic heterocycles. The van der Waals surface area contributed by atoms with E-state index in [1.165, 1.54) is 30.5 Å². The molecule has 0 aliphatic carbocycles. The van der Waals surface area contributed by atoms with Crippen molar-refractivity contribution >= 4 is 5.57 Å². The Kier molecular flexibility index (Phi) is 3.57. The van der Waals surface area contributed by atoms with E-state index in [1.807, 2.05) is 0 Å². The van der Waals surface area contributed by atoms with Crippen LogP contribution < -0.4 is 5.32 Å². The van der Waals surface area contributed by atoms with E-state index in [-0.39, 0.29) is 0 Å². The van der Waals surface area contributed by atoms with Gasteiger partial charge in [0.15, 0.2) is 0 Å². The predicted octanol–water partition coefficient (Wildman–Crippen LogP) is 3.09. The lowest BCUT2D eigenvalue weighted by Gasteiger charge is -2.23. The summed E-state index contributed by atoms with van der Waals surface area (Å²) in [6.45, 7) is 6.54. The van der Waals surface area contributed by atoms with Gasteiger partial charge in [0.2, 0.25) is 0 Å². The number of hydrogen-bond acceptors (Lipinski definition) is 1. The van der Waals surface area contributed by atoms with Crippen LogP contribution in [0.1, 0.15) is 24.8 Å². The molecule has 15 heavy (non-hydrogen) atoms. The van der Waals surface area contributed by atoms with Crippen LogP contribution in [-0.4, -0.2) is 13.1 Å². The summed E-state index contributed by atoms with van der Waals surface area (Å²) in [5, 5.41) is 3.45. The van der Waals surface area contributed by atoms with Crippen molar-refractivity contribution in [2.75, 3.05) is 13.1 Å². The third-order valence-corrected chi connectivity index (χ3v) is 3.12. The first kappa shape index (κ1) is 10.4. The van der Waals surface area contributed by atoms with E-state index in [9.17, 15) is 0 Å². The van der Waals surface area contributed by atoms with E-state index in [2.05, 4.69) is 42.2 Å². The van der Waals surface area contributed by atoms with E-state index in [4.69, 9.17) is 0 Å². The Hall–Kier alpha value is -1.08. The van der Waals surface area contributed by atoms with Gasteiger partial charge in [0.1, 0.15) is 0 Å². The van der Waals surface area contributed by atoms with Crippen LogP contribution in [0.3, 0.4) is 0 Å². The molecule has 1 unspecified atom stereocenters. The standard InChI is InChI=1S/C14H19N/c1-12(14-7-3-2-4-8-14)10-13-6-5-9-15-11-13/h2-4,7-8,13,15H,1,5-6,9-11H2. The first-order chi connectivity index (χ1) is 7.36. The lowest BCUT2D eigenvalue weighted by Crippen LogP contribution is -2.29. The van der Waals surface area contributed by atoms with Crippen molar-refractivity contribution in [3.8, 4) is 0 Å². The van der Waals surface area contributed by atoms with Crippen molar-refractivity contribution in [2.24, 2.45) is 5.92 Å². The summed E-state index contributed by atoms with van der Waals surface area (Å²) in [4.78, 5) is 0. The maximum Gasteiger partial charge on any atom is -0.00173 e. The molecule has 0 saturated carbocycles. The number of hydrogen-bond donors (Lipinski definition) is 1. The van der Waals surface area contributed by atoms with Crippen molar-refractivity contribution in [1.29, 1.82) is 0 Å². The maximum atomic E-state index is 4.19. The smallest absolute Gasteiger partial charge is 0.00173 e. The van der Waals surface area contributed by atoms with Gasteiger partial charge < -0.3 is 5.32 Å². The summed E-state index contributed by atoms with van der Waals surface area (Å²) in [7, 11) is 0. The second-order valence-corrected chi connectivity index (χ2v) is 4.39. The van der Waals surface area contributed by atoms with E-state index in [1.54, 1.807) is 0 Å². The fourth-order valence-corrected chi connectivity index (χ4v) is 2.24. The van der Waals surface area contributed by atoms with Crippen molar-refractivity contribution < 1.29 is 0 Å². The van der Waals surface area contributed by atoms with Gasteiger partial charge in [0, 0.05) is 0 Å². The van der Waals surface area contributed by atoms with Crippen LogP contribution in [0, 0.1) is 5.92 Å². The second kappa shape index (κ2) is 5.13. The topological polar surface area (TPSA) is 12.0 Å². The third-order valence-electron chi connectivity index (χ3n) is 3.12. The molecule has 1 saturated heterocycles. The zero-order valence-electron chi connectivity index (χ0n) is 9.21. The molecule has 0 spiro atoms. The Morgan fingerprint density at radius 3 is 2.80 bits per heavy atom. The van der Waals surface area contributed by atoms with Crippen LogP contribution in [0.15, 0.2) is 36.9 Å². The molecule has 1 heterocycles. The first-order valence-corrected chi connectivity index (χ1v) is 5.80. The number of benzene rings is 1. The molecule has 1 heteroatoms. The summed E-state index contributed by atoms with van der Waals surface area (Å²) in [6, 6.07) is 10.5. The van der Waals surface area contributed by atoms with Crippen molar-refractivity contribution in [2.45, 2.75) is 19.3 Å². The zero-order valence-corrected chi connectivity index (χ0v) is 9.21. The summed E-state index contributed by atoms with van der Waals surface area (Å²) in [5.41, 5.74) is 2.58. The summed E-state index contributed by atoms with van der Waals surface area (Å²) >= 11 is 0. The molecule has 0 amide bonds. The number of allylic oxidation sites excluding steroid dienone is 1. The molecule has 1 aromatic carbocycles. The molecule has 1 aromatic rings. The van der Waals surface area contributed by atoms with Gasteiger partial charge in [-0.25, -0.2) is 0 Å². The van der Waals surface area contributed by atoms with Gasteiger partial charge >= 0.3 is 0 Å². The zero-order chi connectivity index (χ0) is 10.5. The molecule has 1 fully saturated rings. The van der Waals surface area contributed by atoms with Crippen molar-refractivity contribution in [3.63, 3.8) is 0 Å². The van der Waals surface area contributed by atoms with Crippen LogP contribution in [0.5, 0.6) is 0 Å². The Morgan fingerprint density at radius 1 is 1.33 bits per heavy atom. The summed E-state index contributed by atoms with van der Waals surface area (Å²) < 4.78 is 0. The minimum Gasteiger partial charge on any atom is -0.316 e. The third kappa shape index (κ3) is 2.93. The molecule has 0 bridgehead atoms. The Labute approximate surface area is 92.2 Å². The monoisotopic (exact) mass is 201 g/mol. The van der Waals surface area contributed by atoms with Gasteiger partial charge in [-0.3, -0.25) is 0 Å². The highest BCUT2D eigenvalue weighted by Crippen LogP contribution is 2.24. The molecular formula is C14H19N. The van der Waals surface area contributed by atoms with Gasteiger partial charge in [-0.15, -0.1) is 0 Å². The fourth-order valence-electron chi connectivity index (χ4n) is 2.24. The van der Waals surface area contributed by atoms with Gasteiger partial charge in [-0.2, -0.15) is 0 Å². The SMILES string of the molecule is C=C(CC1CCCNC1)c1ccccc1. The quantitative estimate of drug-likeness (QED) is 0.792. The Bertz CT molecular complexity index is 309. The first-order valence-electron chi connectivity index (χ1n) is 5.80. The normalized spacial score (nSPS) is 21.2. The van der Waals surface area contributed by atoms with Crippen LogP contribution in [0.25, 0.3) is 5.57 Å². The lowest BCUT2D eigenvalue weighted by atomic mass is 9.90. The number of piperidine rings is 1. The molecule has 1 atom stereocenters. The largest absolute Gasteiger partial charge is 0.316 e. The highest BCUT2D eigenvalue weighted by molar-refractivity contribution is 5.63. The highest BCUT2D eigenvalue weighted by Gasteiger charge is 2.14. The van der Waals surface area contributed by atoms with E-state index in [0.717, 1.165) is 18.9 Å². The molecule has 0 aromatic heterocycles. The average molecular weight is 201 g/mol. The van der Waals surface area contributed by atoms with Crippen LogP contribution in [0.4, 0.5) is 0 Å². The van der Waals surface area contributed by atoms with E-state index >= 15 is 0 Å². The summed E-state index contributed by atoms with van der Waals surface area (Å²) in [6.07, 6.45) is 3.79. The van der Waals surface area contributed by atoms with Gasteiger partial charge in [0.25, 0.3) is 0 Å². The van der Waals surface area contributed by atoms with Crippen LogP contribution >= 0.6 is 0 Å². The average Bonchev–Trinajstić information content (AvgIpc) is 2.31. The predicted molar refractivity (Wildman–Crippen MR) is 65.7 cm³/mol. The number of rotatable bonds is 3. The van der Waals surface area contributed by atoms with Crippen molar-refractivity contribution in [1.82, 2.24) is 5.32 Å². The molecule has 1 aliphatic rings. The minimum absolute atomic E-state index is 0.784. The molecule has 2 rings (SSSR count). The highest BCUT2D eigenvalue weighted by atomic mass is 14.9. The number of nitrogens with one attached hydrogen (secondary N) is 1. The van der Waals surface area contributed by atoms with Gasteiger partial charge in [-0.05, 0) is 49.4 Å². The van der Waals surface area contributed by atoms with Crippen LogP contribution in [0.2, 0.25) is 0 Å². The molecule has 1 N–H and O–H groups in total. The molecule has 0 radical (unpaired) electrons.